The van der Waals surface area contributed by atoms with Gasteiger partial charge in [0.2, 0.25) is 0 Å². The van der Waals surface area contributed by atoms with E-state index < -0.39 is 8.80 Å². The third-order valence-electron chi connectivity index (χ3n) is 3.93. The van der Waals surface area contributed by atoms with Crippen LogP contribution in [0.25, 0.3) is 0 Å². The molecule has 0 aromatic rings. The van der Waals surface area contributed by atoms with Gasteiger partial charge in [0.05, 0.1) is 12.7 Å². The summed E-state index contributed by atoms with van der Waals surface area (Å²) in [5.74, 6) is 0. The van der Waals surface area contributed by atoms with E-state index in [-0.39, 0.29) is 12.2 Å². The summed E-state index contributed by atoms with van der Waals surface area (Å²) in [7, 11) is -2.54. The smallest absolute Gasteiger partial charge is 0.379 e. The number of hydrogen-bond acceptors (Lipinski definition) is 5. The summed E-state index contributed by atoms with van der Waals surface area (Å²) in [6, 6.07) is 0.869. The van der Waals surface area contributed by atoms with Gasteiger partial charge in [0.1, 0.15) is 0 Å². The summed E-state index contributed by atoms with van der Waals surface area (Å²) in [5.41, 5.74) is 0. The standard InChI is InChI=1S/C14H29NO4Si/c1-4-15-8-7-13(3)18-20(17-5-2)10-6-9-16-12-14(11-15)19-20/h13-14H,4-12H2,1-3H3. The molecule has 0 radical (unpaired) electrons. The largest absolute Gasteiger partial charge is 0.501 e. The van der Waals surface area contributed by atoms with Crippen molar-refractivity contribution in [2.75, 3.05) is 39.5 Å². The summed E-state index contributed by atoms with van der Waals surface area (Å²) in [4.78, 5) is 2.42. The van der Waals surface area contributed by atoms with Crippen molar-refractivity contribution in [1.29, 1.82) is 0 Å². The van der Waals surface area contributed by atoms with Crippen molar-refractivity contribution in [3.63, 3.8) is 0 Å². The van der Waals surface area contributed by atoms with Gasteiger partial charge < -0.3 is 22.9 Å². The lowest BCUT2D eigenvalue weighted by molar-refractivity contribution is -0.0376. The number of nitrogens with zero attached hydrogens (tertiary/aromatic N) is 1. The predicted molar refractivity (Wildman–Crippen MR) is 79.8 cm³/mol. The van der Waals surface area contributed by atoms with E-state index >= 15 is 0 Å². The number of ether oxygens (including phenoxy) is 1. The van der Waals surface area contributed by atoms with Gasteiger partial charge in [0.15, 0.2) is 0 Å². The zero-order valence-electron chi connectivity index (χ0n) is 13.1. The average molecular weight is 303 g/mol. The Labute approximate surface area is 123 Å². The summed E-state index contributed by atoms with van der Waals surface area (Å²) in [5, 5.41) is 0. The number of likely N-dealkylation sites (N-methyl/N-ethyl adjacent to an activating group) is 1. The molecule has 0 aromatic heterocycles. The molecule has 2 aliphatic rings. The maximum absolute atomic E-state index is 6.37. The fourth-order valence-electron chi connectivity index (χ4n) is 2.89. The Morgan fingerprint density at radius 2 is 2.15 bits per heavy atom. The van der Waals surface area contributed by atoms with Gasteiger partial charge in [-0.15, -0.1) is 0 Å². The van der Waals surface area contributed by atoms with Gasteiger partial charge in [-0.25, -0.2) is 0 Å². The first-order valence-electron chi connectivity index (χ1n) is 7.97. The number of rotatable bonds is 3. The first-order valence-corrected chi connectivity index (χ1v) is 9.90. The second-order valence-electron chi connectivity index (χ2n) is 5.64. The van der Waals surface area contributed by atoms with E-state index in [4.69, 9.17) is 18.0 Å². The van der Waals surface area contributed by atoms with Crippen molar-refractivity contribution in [2.45, 2.75) is 51.9 Å². The Hall–Kier alpha value is 0.0169. The molecule has 0 amide bonds. The summed E-state index contributed by atoms with van der Waals surface area (Å²) in [6.45, 7) is 11.4. The molecule has 0 aliphatic carbocycles. The fraction of sp³-hybridized carbons (Fsp3) is 1.00. The molecule has 6 heteroatoms. The molecule has 3 unspecified atom stereocenters. The van der Waals surface area contributed by atoms with E-state index in [0.717, 1.165) is 45.1 Å². The molecular formula is C14H29NO4Si. The van der Waals surface area contributed by atoms with Gasteiger partial charge in [0, 0.05) is 38.5 Å². The lowest BCUT2D eigenvalue weighted by atomic mass is 10.2. The van der Waals surface area contributed by atoms with Crippen LogP contribution in [0.2, 0.25) is 6.04 Å². The molecule has 0 saturated carbocycles. The van der Waals surface area contributed by atoms with E-state index in [9.17, 15) is 0 Å². The van der Waals surface area contributed by atoms with Crippen LogP contribution in [0.5, 0.6) is 0 Å². The molecule has 2 aliphatic heterocycles. The predicted octanol–water partition coefficient (Wildman–Crippen LogP) is 1.90. The normalized spacial score (nSPS) is 37.4. The van der Waals surface area contributed by atoms with Crippen LogP contribution < -0.4 is 0 Å². The fourth-order valence-corrected chi connectivity index (χ4v) is 5.86. The van der Waals surface area contributed by atoms with Crippen LogP contribution in [0.3, 0.4) is 0 Å². The first kappa shape index (κ1) is 16.4. The summed E-state index contributed by atoms with van der Waals surface area (Å²) < 4.78 is 24.4. The Kier molecular flexibility index (Phi) is 6.44. The van der Waals surface area contributed by atoms with Crippen LogP contribution in [0.15, 0.2) is 0 Å². The van der Waals surface area contributed by atoms with E-state index in [1.54, 1.807) is 0 Å². The molecule has 20 heavy (non-hydrogen) atoms. The maximum Gasteiger partial charge on any atom is 0.501 e. The Bertz CT molecular complexity index is 294. The van der Waals surface area contributed by atoms with Crippen LogP contribution in [0, 0.1) is 0 Å². The van der Waals surface area contributed by atoms with Crippen molar-refractivity contribution in [1.82, 2.24) is 4.90 Å². The van der Waals surface area contributed by atoms with Gasteiger partial charge >= 0.3 is 8.80 Å². The monoisotopic (exact) mass is 303 g/mol. The molecule has 2 bridgehead atoms. The van der Waals surface area contributed by atoms with Crippen molar-refractivity contribution >= 4 is 8.80 Å². The zero-order valence-corrected chi connectivity index (χ0v) is 14.1. The minimum atomic E-state index is -2.54. The molecular weight excluding hydrogens is 274 g/mol. The minimum Gasteiger partial charge on any atom is -0.379 e. The molecule has 0 aromatic carbocycles. The van der Waals surface area contributed by atoms with Crippen LogP contribution in [-0.2, 0) is 18.0 Å². The van der Waals surface area contributed by atoms with Gasteiger partial charge in [-0.2, -0.15) is 0 Å². The van der Waals surface area contributed by atoms with Crippen molar-refractivity contribution < 1.29 is 18.0 Å². The van der Waals surface area contributed by atoms with Crippen LogP contribution in [0.4, 0.5) is 0 Å². The first-order chi connectivity index (χ1) is 9.67. The molecule has 2 fully saturated rings. The Morgan fingerprint density at radius 3 is 2.90 bits per heavy atom. The number of fused-ring (bicyclic) bond motifs is 2. The summed E-state index contributed by atoms with van der Waals surface area (Å²) >= 11 is 0. The van der Waals surface area contributed by atoms with Gasteiger partial charge in [-0.3, -0.25) is 0 Å². The maximum atomic E-state index is 6.37. The van der Waals surface area contributed by atoms with Gasteiger partial charge in [-0.1, -0.05) is 6.92 Å². The topological polar surface area (TPSA) is 40.2 Å². The Balaban J connectivity index is 2.17. The van der Waals surface area contributed by atoms with E-state index in [1.165, 1.54) is 0 Å². The second kappa shape index (κ2) is 7.86. The highest BCUT2D eigenvalue weighted by Gasteiger charge is 2.45. The average Bonchev–Trinajstić information content (AvgIpc) is 2.46. The molecule has 5 nitrogen and oxygen atoms in total. The van der Waals surface area contributed by atoms with Crippen molar-refractivity contribution in [3.05, 3.63) is 0 Å². The van der Waals surface area contributed by atoms with Crippen molar-refractivity contribution in [2.24, 2.45) is 0 Å². The van der Waals surface area contributed by atoms with Crippen LogP contribution in [0.1, 0.15) is 33.6 Å². The highest BCUT2D eigenvalue weighted by atomic mass is 28.4. The quantitative estimate of drug-likeness (QED) is 0.745. The van der Waals surface area contributed by atoms with E-state index in [0.29, 0.717) is 13.2 Å². The third kappa shape index (κ3) is 4.51. The van der Waals surface area contributed by atoms with Crippen LogP contribution in [-0.4, -0.2) is 65.4 Å². The third-order valence-corrected chi connectivity index (χ3v) is 7.08. The van der Waals surface area contributed by atoms with Crippen molar-refractivity contribution in [3.8, 4) is 0 Å². The molecule has 2 heterocycles. The molecule has 2 rings (SSSR count). The van der Waals surface area contributed by atoms with Crippen LogP contribution >= 0.6 is 0 Å². The SMILES string of the molecule is CCO[Si]12CCCOCC(CN(CC)CCC(C)O1)O2. The number of hydrogen-bond donors (Lipinski definition) is 0. The summed E-state index contributed by atoms with van der Waals surface area (Å²) in [6.07, 6.45) is 2.26. The molecule has 0 N–H and O–H groups in total. The van der Waals surface area contributed by atoms with E-state index in [2.05, 4.69) is 18.7 Å². The molecule has 118 valence electrons. The molecule has 2 saturated heterocycles. The molecule has 0 spiro atoms. The lowest BCUT2D eigenvalue weighted by Crippen LogP contribution is -2.53. The highest BCUT2D eigenvalue weighted by Crippen LogP contribution is 2.26. The second-order valence-corrected chi connectivity index (χ2v) is 8.27. The minimum absolute atomic E-state index is 0.0683. The lowest BCUT2D eigenvalue weighted by Gasteiger charge is -2.36. The van der Waals surface area contributed by atoms with Gasteiger partial charge in [-0.05, 0) is 33.2 Å². The van der Waals surface area contributed by atoms with E-state index in [1.807, 2.05) is 6.92 Å². The molecule has 3 atom stereocenters. The highest BCUT2D eigenvalue weighted by molar-refractivity contribution is 6.60. The Morgan fingerprint density at radius 1 is 1.30 bits per heavy atom. The zero-order chi connectivity index (χ0) is 14.4. The van der Waals surface area contributed by atoms with Gasteiger partial charge in [0.25, 0.3) is 0 Å².